The van der Waals surface area contributed by atoms with Crippen molar-refractivity contribution < 1.29 is 18.7 Å². The molecule has 1 aliphatic rings. The zero-order valence-corrected chi connectivity index (χ0v) is 18.5. The molecule has 3 aromatic rings. The minimum atomic E-state index is -0.616. The Bertz CT molecular complexity index is 1060. The first-order chi connectivity index (χ1) is 15.5. The Balaban J connectivity index is 0.00000306. The second-order valence-corrected chi connectivity index (χ2v) is 7.56. The fourth-order valence-electron chi connectivity index (χ4n) is 3.63. The summed E-state index contributed by atoms with van der Waals surface area (Å²) >= 11 is 0. The largest absolute Gasteiger partial charge is 0.457 e. The van der Waals surface area contributed by atoms with Gasteiger partial charge in [-0.15, -0.1) is 12.4 Å². The van der Waals surface area contributed by atoms with Gasteiger partial charge in [0.15, 0.2) is 0 Å². The van der Waals surface area contributed by atoms with Crippen LogP contribution in [0.3, 0.4) is 0 Å². The molecule has 2 amide bonds. The second kappa shape index (κ2) is 10.9. The van der Waals surface area contributed by atoms with Crippen molar-refractivity contribution in [1.29, 1.82) is 0 Å². The Morgan fingerprint density at radius 3 is 2.39 bits per heavy atom. The number of amides is 2. The number of hydrogen-bond donors (Lipinski definition) is 2. The van der Waals surface area contributed by atoms with E-state index in [1.807, 2.05) is 0 Å². The third-order valence-corrected chi connectivity index (χ3v) is 5.28. The average molecular weight is 475 g/mol. The van der Waals surface area contributed by atoms with Gasteiger partial charge >= 0.3 is 0 Å². The van der Waals surface area contributed by atoms with Crippen molar-refractivity contribution in [2.45, 2.75) is 19.0 Å². The number of benzene rings is 2. The van der Waals surface area contributed by atoms with Gasteiger partial charge in [-0.05, 0) is 67.4 Å². The molecular formula is C22H24ClFN6O3. The molecule has 1 aliphatic heterocycles. The first-order valence-electron chi connectivity index (χ1n) is 10.2. The quantitative estimate of drug-likeness (QED) is 0.543. The maximum atomic E-state index is 13.0. The number of nitrogens with two attached hydrogens (primary N) is 1. The Morgan fingerprint density at radius 2 is 1.79 bits per heavy atom. The molecule has 0 radical (unpaired) electrons. The first-order valence-corrected chi connectivity index (χ1v) is 10.2. The van der Waals surface area contributed by atoms with E-state index < -0.39 is 6.04 Å². The van der Waals surface area contributed by atoms with E-state index in [4.69, 9.17) is 10.5 Å². The van der Waals surface area contributed by atoms with Crippen molar-refractivity contribution in [2.24, 2.45) is 11.7 Å². The van der Waals surface area contributed by atoms with E-state index in [2.05, 4.69) is 15.4 Å². The summed E-state index contributed by atoms with van der Waals surface area (Å²) in [5, 5.41) is 6.81. The number of rotatable bonds is 7. The lowest BCUT2D eigenvalue weighted by atomic mass is 10.1. The van der Waals surface area contributed by atoms with Crippen molar-refractivity contribution in [3.8, 4) is 11.5 Å². The van der Waals surface area contributed by atoms with Crippen LogP contribution in [-0.2, 0) is 16.1 Å². The van der Waals surface area contributed by atoms with Crippen LogP contribution in [0.2, 0.25) is 0 Å². The number of carbonyl (C=O) groups is 2. The lowest BCUT2D eigenvalue weighted by Crippen LogP contribution is -2.44. The summed E-state index contributed by atoms with van der Waals surface area (Å²) in [5.41, 5.74) is 6.37. The van der Waals surface area contributed by atoms with Crippen LogP contribution in [0, 0.1) is 11.7 Å². The van der Waals surface area contributed by atoms with Crippen LogP contribution in [0.15, 0.2) is 61.2 Å². The number of hydrogen-bond acceptors (Lipinski definition) is 6. The number of likely N-dealkylation sites (tertiary alicyclic amines) is 1. The van der Waals surface area contributed by atoms with Gasteiger partial charge in [0.05, 0.1) is 0 Å². The maximum absolute atomic E-state index is 13.0. The lowest BCUT2D eigenvalue weighted by Gasteiger charge is -2.24. The highest BCUT2D eigenvalue weighted by Crippen LogP contribution is 2.26. The fraction of sp³-hybridized carbons (Fsp3) is 0.273. The minimum absolute atomic E-state index is 0. The lowest BCUT2D eigenvalue weighted by molar-refractivity contribution is -0.137. The van der Waals surface area contributed by atoms with E-state index in [1.165, 1.54) is 41.6 Å². The van der Waals surface area contributed by atoms with Gasteiger partial charge in [-0.25, -0.2) is 14.1 Å². The Kier molecular flexibility index (Phi) is 7.96. The van der Waals surface area contributed by atoms with Gasteiger partial charge in [0.2, 0.25) is 11.8 Å². The smallest absolute Gasteiger partial charge is 0.247 e. The molecule has 0 unspecified atom stereocenters. The summed E-state index contributed by atoms with van der Waals surface area (Å²) in [4.78, 5) is 31.1. The fourth-order valence-corrected chi connectivity index (χ4v) is 3.63. The number of nitrogens with one attached hydrogen (secondary N) is 1. The number of nitrogens with zero attached hydrogens (tertiary/aromatic N) is 4. The van der Waals surface area contributed by atoms with Crippen molar-refractivity contribution in [1.82, 2.24) is 19.7 Å². The van der Waals surface area contributed by atoms with E-state index in [-0.39, 0.29) is 42.5 Å². The van der Waals surface area contributed by atoms with E-state index in [9.17, 15) is 14.0 Å². The molecule has 1 aromatic heterocycles. The summed E-state index contributed by atoms with van der Waals surface area (Å²) < 4.78 is 20.1. The molecule has 2 heterocycles. The molecule has 4 rings (SSSR count). The Labute approximate surface area is 196 Å². The van der Waals surface area contributed by atoms with Crippen LogP contribution in [-0.4, -0.2) is 50.6 Å². The molecule has 2 aromatic carbocycles. The van der Waals surface area contributed by atoms with Crippen LogP contribution >= 0.6 is 12.4 Å². The van der Waals surface area contributed by atoms with Crippen LogP contribution in [0.1, 0.15) is 6.42 Å². The van der Waals surface area contributed by atoms with Gasteiger partial charge in [0, 0.05) is 12.2 Å². The molecule has 1 saturated heterocycles. The summed E-state index contributed by atoms with van der Waals surface area (Å²) in [6.07, 6.45) is 3.31. The minimum Gasteiger partial charge on any atom is -0.457 e. The highest BCUT2D eigenvalue weighted by atomic mass is 35.5. The van der Waals surface area contributed by atoms with E-state index in [0.717, 1.165) is 0 Å². The summed E-state index contributed by atoms with van der Waals surface area (Å²) in [7, 11) is 0. The molecule has 9 nitrogen and oxygen atoms in total. The molecule has 0 spiro atoms. The van der Waals surface area contributed by atoms with Crippen LogP contribution in [0.25, 0.3) is 0 Å². The van der Waals surface area contributed by atoms with Gasteiger partial charge in [-0.2, -0.15) is 5.10 Å². The molecule has 2 atom stereocenters. The Morgan fingerprint density at radius 1 is 1.12 bits per heavy atom. The highest BCUT2D eigenvalue weighted by molar-refractivity contribution is 5.97. The summed E-state index contributed by atoms with van der Waals surface area (Å²) in [6.45, 7) is 0.829. The molecule has 11 heteroatoms. The third kappa shape index (κ3) is 6.05. The molecular weight excluding hydrogens is 451 g/mol. The van der Waals surface area contributed by atoms with Gasteiger partial charge in [0.25, 0.3) is 0 Å². The van der Waals surface area contributed by atoms with E-state index in [1.54, 1.807) is 29.2 Å². The monoisotopic (exact) mass is 474 g/mol. The van der Waals surface area contributed by atoms with Crippen molar-refractivity contribution in [3.63, 3.8) is 0 Å². The number of halogens is 2. The normalized spacial score (nSPS) is 17.3. The number of aromatic nitrogens is 3. The molecule has 3 N–H and O–H groups in total. The first kappa shape index (κ1) is 24.1. The topological polar surface area (TPSA) is 115 Å². The molecule has 33 heavy (non-hydrogen) atoms. The van der Waals surface area contributed by atoms with E-state index in [0.29, 0.717) is 36.7 Å². The van der Waals surface area contributed by atoms with Crippen molar-refractivity contribution in [3.05, 3.63) is 67.0 Å². The van der Waals surface area contributed by atoms with Gasteiger partial charge in [-0.3, -0.25) is 9.59 Å². The number of anilines is 1. The highest BCUT2D eigenvalue weighted by Gasteiger charge is 2.39. The average Bonchev–Trinajstić information content (AvgIpc) is 3.46. The number of carbonyl (C=O) groups excluding carboxylic acids is 2. The Hall–Kier alpha value is -3.50. The second-order valence-electron chi connectivity index (χ2n) is 7.56. The van der Waals surface area contributed by atoms with Crippen LogP contribution in [0.5, 0.6) is 11.5 Å². The van der Waals surface area contributed by atoms with Gasteiger partial charge < -0.3 is 20.7 Å². The molecule has 0 aliphatic carbocycles. The predicted molar refractivity (Wildman–Crippen MR) is 121 cm³/mol. The SMILES string of the molecule is Cl.NC[C@@H]1C[C@@H](C(=O)Nc2ccc(Oc3ccc(F)cc3)cc2)N(C(=O)Cn2cncn2)C1. The van der Waals surface area contributed by atoms with E-state index >= 15 is 0 Å². The zero-order valence-electron chi connectivity index (χ0n) is 17.6. The van der Waals surface area contributed by atoms with Crippen molar-refractivity contribution in [2.75, 3.05) is 18.4 Å². The van der Waals surface area contributed by atoms with Crippen LogP contribution in [0.4, 0.5) is 10.1 Å². The molecule has 0 bridgehead atoms. The van der Waals surface area contributed by atoms with Crippen molar-refractivity contribution >= 4 is 29.9 Å². The van der Waals surface area contributed by atoms with Gasteiger partial charge in [-0.1, -0.05) is 0 Å². The zero-order chi connectivity index (χ0) is 22.5. The maximum Gasteiger partial charge on any atom is 0.247 e. The predicted octanol–water partition coefficient (Wildman–Crippen LogP) is 2.45. The summed E-state index contributed by atoms with van der Waals surface area (Å²) in [5.74, 6) is 0.270. The molecule has 1 fully saturated rings. The molecule has 174 valence electrons. The van der Waals surface area contributed by atoms with Crippen LogP contribution < -0.4 is 15.8 Å². The summed E-state index contributed by atoms with van der Waals surface area (Å²) in [6, 6.07) is 11.9. The number of ether oxygens (including phenoxy) is 1. The standard InChI is InChI=1S/C22H23FN6O3.ClH/c23-16-1-5-18(6-2-16)32-19-7-3-17(4-8-19)27-22(31)20-9-15(10-24)11-29(20)21(30)12-28-14-25-13-26-28;/h1-8,13-15,20H,9-12,24H2,(H,27,31);1H/t15-,20-;/m0./s1. The third-order valence-electron chi connectivity index (χ3n) is 5.28. The van der Waals surface area contributed by atoms with Gasteiger partial charge in [0.1, 0.15) is 42.6 Å². The molecule has 0 saturated carbocycles.